The van der Waals surface area contributed by atoms with Gasteiger partial charge in [-0.05, 0) is 24.6 Å². The molecule has 1 fully saturated rings. The summed E-state index contributed by atoms with van der Waals surface area (Å²) in [5, 5.41) is 0.629. The lowest BCUT2D eigenvalue weighted by Crippen LogP contribution is -2.32. The number of para-hydroxylation sites is 1. The van der Waals surface area contributed by atoms with Crippen molar-refractivity contribution in [1.82, 2.24) is 4.90 Å². The Hall–Kier alpha value is -2.39. The molecule has 2 amide bonds. The van der Waals surface area contributed by atoms with Crippen molar-refractivity contribution in [2.24, 2.45) is 5.92 Å². The zero-order valence-electron chi connectivity index (χ0n) is 13.8. The van der Waals surface area contributed by atoms with Gasteiger partial charge in [0, 0.05) is 18.5 Å². The van der Waals surface area contributed by atoms with E-state index in [1.165, 1.54) is 4.90 Å². The van der Waals surface area contributed by atoms with Crippen LogP contribution in [0.3, 0.4) is 0 Å². The lowest BCUT2D eigenvalue weighted by Gasteiger charge is -2.29. The molecule has 1 saturated heterocycles. The number of benzene rings is 2. The van der Waals surface area contributed by atoms with E-state index in [9.17, 15) is 14.2 Å². The van der Waals surface area contributed by atoms with Crippen LogP contribution in [0.25, 0.3) is 11.1 Å². The standard InChI is InChI=1S/C19H18NO4P/c1-2-20-18(21)11-13(19(20)22)12-25(23)17-10-6-4-8-15(17)14-7-3-5-9-16(14)24-25/h3-10,13H,2,11-12H2,1H3. The molecule has 0 aromatic heterocycles. The molecule has 2 atom stereocenters. The Kier molecular flexibility index (Phi) is 3.77. The highest BCUT2D eigenvalue weighted by Gasteiger charge is 2.45. The Morgan fingerprint density at radius 2 is 1.76 bits per heavy atom. The molecule has 6 heteroatoms. The molecule has 2 aliphatic heterocycles. The molecule has 5 nitrogen and oxygen atoms in total. The average Bonchev–Trinajstić information content (AvgIpc) is 2.88. The van der Waals surface area contributed by atoms with Gasteiger partial charge in [-0.2, -0.15) is 0 Å². The molecule has 0 N–H and O–H groups in total. The predicted molar refractivity (Wildman–Crippen MR) is 95.1 cm³/mol. The summed E-state index contributed by atoms with van der Waals surface area (Å²) in [6.45, 7) is 2.11. The molecule has 2 aliphatic rings. The van der Waals surface area contributed by atoms with Gasteiger partial charge in [0.25, 0.3) is 7.37 Å². The zero-order chi connectivity index (χ0) is 17.6. The van der Waals surface area contributed by atoms with Gasteiger partial charge in [0.2, 0.25) is 11.8 Å². The largest absolute Gasteiger partial charge is 0.439 e. The summed E-state index contributed by atoms with van der Waals surface area (Å²) in [5.74, 6) is -0.470. The molecule has 2 unspecified atom stereocenters. The summed E-state index contributed by atoms with van der Waals surface area (Å²) >= 11 is 0. The highest BCUT2D eigenvalue weighted by Crippen LogP contribution is 2.56. The van der Waals surface area contributed by atoms with Gasteiger partial charge < -0.3 is 4.52 Å². The Balaban J connectivity index is 1.75. The van der Waals surface area contributed by atoms with Crippen LogP contribution in [0, 0.1) is 5.92 Å². The Bertz CT molecular complexity index is 923. The molecule has 2 aromatic carbocycles. The average molecular weight is 355 g/mol. The summed E-state index contributed by atoms with van der Waals surface area (Å²) in [6.07, 6.45) is 0.156. The molecular formula is C19H18NO4P. The van der Waals surface area contributed by atoms with Gasteiger partial charge in [-0.1, -0.05) is 36.4 Å². The normalized spacial score (nSPS) is 24.7. The summed E-state index contributed by atoms with van der Waals surface area (Å²) in [6, 6.07) is 14.9. The third-order valence-electron chi connectivity index (χ3n) is 4.81. The van der Waals surface area contributed by atoms with Crippen molar-refractivity contribution in [3.05, 3.63) is 48.5 Å². The molecule has 0 spiro atoms. The fraction of sp³-hybridized carbons (Fsp3) is 0.263. The molecule has 4 rings (SSSR count). The van der Waals surface area contributed by atoms with E-state index in [0.29, 0.717) is 17.6 Å². The molecule has 0 saturated carbocycles. The van der Waals surface area contributed by atoms with Crippen LogP contribution in [0.5, 0.6) is 5.75 Å². The van der Waals surface area contributed by atoms with Gasteiger partial charge in [0.15, 0.2) is 0 Å². The summed E-state index contributed by atoms with van der Waals surface area (Å²) in [4.78, 5) is 25.7. The molecule has 2 heterocycles. The lowest BCUT2D eigenvalue weighted by atomic mass is 10.0. The number of hydrogen-bond donors (Lipinski definition) is 0. The van der Waals surface area contributed by atoms with Crippen LogP contribution in [0.1, 0.15) is 13.3 Å². The van der Waals surface area contributed by atoms with Crippen molar-refractivity contribution in [2.45, 2.75) is 13.3 Å². The summed E-state index contributed by atoms with van der Waals surface area (Å²) in [5.41, 5.74) is 1.77. The van der Waals surface area contributed by atoms with Crippen LogP contribution in [0.2, 0.25) is 0 Å². The quantitative estimate of drug-likeness (QED) is 0.627. The van der Waals surface area contributed by atoms with E-state index < -0.39 is 13.3 Å². The Morgan fingerprint density at radius 1 is 1.08 bits per heavy atom. The van der Waals surface area contributed by atoms with Crippen LogP contribution >= 0.6 is 7.37 Å². The molecule has 128 valence electrons. The van der Waals surface area contributed by atoms with Crippen LogP contribution in [0.4, 0.5) is 0 Å². The van der Waals surface area contributed by atoms with Crippen LogP contribution in [-0.4, -0.2) is 29.4 Å². The maximum absolute atomic E-state index is 13.7. The molecular weight excluding hydrogens is 337 g/mol. The second-order valence-corrected chi connectivity index (χ2v) is 8.71. The predicted octanol–water partition coefficient (Wildman–Crippen LogP) is 3.04. The van der Waals surface area contributed by atoms with Crippen molar-refractivity contribution >= 4 is 24.5 Å². The maximum atomic E-state index is 13.7. The number of carbonyl (C=O) groups is 2. The van der Waals surface area contributed by atoms with E-state index >= 15 is 0 Å². The Labute approximate surface area is 146 Å². The highest BCUT2D eigenvalue weighted by molar-refractivity contribution is 7.67. The maximum Gasteiger partial charge on any atom is 0.278 e. The van der Waals surface area contributed by atoms with E-state index in [-0.39, 0.29) is 24.4 Å². The van der Waals surface area contributed by atoms with Crippen molar-refractivity contribution < 1.29 is 18.7 Å². The minimum atomic E-state index is -3.29. The summed E-state index contributed by atoms with van der Waals surface area (Å²) < 4.78 is 19.7. The monoisotopic (exact) mass is 355 g/mol. The van der Waals surface area contributed by atoms with E-state index in [1.54, 1.807) is 19.1 Å². The third kappa shape index (κ3) is 2.50. The van der Waals surface area contributed by atoms with E-state index in [1.807, 2.05) is 36.4 Å². The first kappa shape index (κ1) is 16.1. The minimum absolute atomic E-state index is 0.0550. The fourth-order valence-electron chi connectivity index (χ4n) is 3.63. The highest BCUT2D eigenvalue weighted by atomic mass is 31.2. The molecule has 25 heavy (non-hydrogen) atoms. The van der Waals surface area contributed by atoms with Gasteiger partial charge in [-0.3, -0.25) is 19.1 Å². The van der Waals surface area contributed by atoms with Gasteiger partial charge in [-0.25, -0.2) is 0 Å². The van der Waals surface area contributed by atoms with Gasteiger partial charge >= 0.3 is 0 Å². The van der Waals surface area contributed by atoms with Gasteiger partial charge in [0.1, 0.15) is 5.75 Å². The second-order valence-electron chi connectivity index (χ2n) is 6.34. The number of fused-ring (bicyclic) bond motifs is 3. The molecule has 0 radical (unpaired) electrons. The number of imide groups is 1. The number of rotatable bonds is 3. The molecule has 0 bridgehead atoms. The topological polar surface area (TPSA) is 63.7 Å². The zero-order valence-corrected chi connectivity index (χ0v) is 14.7. The lowest BCUT2D eigenvalue weighted by molar-refractivity contribution is -0.138. The number of amides is 2. The van der Waals surface area contributed by atoms with Crippen molar-refractivity contribution in [2.75, 3.05) is 12.7 Å². The smallest absolute Gasteiger partial charge is 0.278 e. The first-order valence-electron chi connectivity index (χ1n) is 8.35. The Morgan fingerprint density at radius 3 is 2.48 bits per heavy atom. The minimum Gasteiger partial charge on any atom is -0.439 e. The number of carbonyl (C=O) groups excluding carboxylic acids is 2. The van der Waals surface area contributed by atoms with Crippen LogP contribution in [0.15, 0.2) is 48.5 Å². The first-order valence-corrected chi connectivity index (χ1v) is 10.2. The number of hydrogen-bond acceptors (Lipinski definition) is 4. The van der Waals surface area contributed by atoms with E-state index in [0.717, 1.165) is 11.1 Å². The van der Waals surface area contributed by atoms with Gasteiger partial charge in [-0.15, -0.1) is 0 Å². The van der Waals surface area contributed by atoms with Crippen molar-refractivity contribution in [3.63, 3.8) is 0 Å². The van der Waals surface area contributed by atoms with Crippen LogP contribution < -0.4 is 9.83 Å². The van der Waals surface area contributed by atoms with E-state index in [4.69, 9.17) is 4.52 Å². The second kappa shape index (κ2) is 5.85. The third-order valence-corrected chi connectivity index (χ3v) is 7.35. The SMILES string of the molecule is CCN1C(=O)CC(CP2(=O)Oc3ccccc3-c3ccccc32)C1=O. The molecule has 2 aromatic rings. The first-order chi connectivity index (χ1) is 12.0. The summed E-state index contributed by atoms with van der Waals surface area (Å²) in [7, 11) is -3.29. The van der Waals surface area contributed by atoms with Crippen molar-refractivity contribution in [3.8, 4) is 16.9 Å². The van der Waals surface area contributed by atoms with Crippen LogP contribution in [-0.2, 0) is 14.2 Å². The van der Waals surface area contributed by atoms with Gasteiger partial charge in [0.05, 0.1) is 17.4 Å². The number of likely N-dealkylation sites (tertiary alicyclic amines) is 1. The van der Waals surface area contributed by atoms with E-state index in [2.05, 4.69) is 0 Å². The molecule has 0 aliphatic carbocycles. The number of nitrogens with zero attached hydrogens (tertiary/aromatic N) is 1. The fourth-order valence-corrected chi connectivity index (χ4v) is 6.21. The van der Waals surface area contributed by atoms with Crippen molar-refractivity contribution in [1.29, 1.82) is 0 Å².